The summed E-state index contributed by atoms with van der Waals surface area (Å²) in [6.07, 6.45) is 5.17. The molecular formula is C19H21IN6O. The van der Waals surface area contributed by atoms with Crippen molar-refractivity contribution in [1.29, 1.82) is 5.26 Å². The van der Waals surface area contributed by atoms with Crippen molar-refractivity contribution in [1.82, 2.24) is 10.3 Å². The highest BCUT2D eigenvalue weighted by molar-refractivity contribution is 14.1. The molecule has 8 heteroatoms. The number of nitriles is 1. The Labute approximate surface area is 172 Å². The van der Waals surface area contributed by atoms with Crippen LogP contribution in [0, 0.1) is 20.4 Å². The fraction of sp³-hybridized carbons (Fsp3) is 0.263. The Hall–Kier alpha value is -2.67. The predicted octanol–water partition coefficient (Wildman–Crippen LogP) is 3.41. The lowest BCUT2D eigenvalue weighted by Gasteiger charge is -2.30. The van der Waals surface area contributed by atoms with Gasteiger partial charge in [-0.3, -0.25) is 15.1 Å². The van der Waals surface area contributed by atoms with Gasteiger partial charge in [-0.05, 0) is 63.9 Å². The minimum Gasteiger partial charge on any atom is -0.366 e. The van der Waals surface area contributed by atoms with Crippen LogP contribution >= 0.6 is 22.6 Å². The average molecular weight is 476 g/mol. The van der Waals surface area contributed by atoms with E-state index < -0.39 is 11.9 Å². The molecule has 7 nitrogen and oxygen atoms in total. The number of nitrogens with two attached hydrogens (primary N) is 1. The number of benzene rings is 1. The standard InChI is InChI=1S/C19H21IN6O/c1-19(2,3)16(15-9-12(20)6-7-14(15)17(22)27)26-18(24-11-21)25-13-5-4-8-23-10-13/h4-10,16H,1-3H3,(H2,22,27)(H2,24,25,26). The number of nitrogens with zero attached hydrogens (tertiary/aromatic N) is 3. The van der Waals surface area contributed by atoms with E-state index in [-0.39, 0.29) is 11.4 Å². The number of pyridine rings is 1. The molecule has 0 bridgehead atoms. The van der Waals surface area contributed by atoms with Gasteiger partial charge in [0.25, 0.3) is 0 Å². The van der Waals surface area contributed by atoms with Crippen molar-refractivity contribution in [3.63, 3.8) is 0 Å². The number of amides is 1. The number of aromatic nitrogens is 1. The molecule has 1 unspecified atom stereocenters. The highest BCUT2D eigenvalue weighted by Gasteiger charge is 2.30. The molecule has 1 aromatic carbocycles. The molecule has 0 saturated carbocycles. The van der Waals surface area contributed by atoms with Gasteiger partial charge in [0.05, 0.1) is 17.9 Å². The number of rotatable bonds is 4. The molecule has 4 N–H and O–H groups in total. The van der Waals surface area contributed by atoms with Gasteiger partial charge in [-0.15, -0.1) is 0 Å². The third-order valence-corrected chi connectivity index (χ3v) is 4.42. The van der Waals surface area contributed by atoms with Gasteiger partial charge in [-0.25, -0.2) is 4.99 Å². The molecule has 0 aliphatic heterocycles. The van der Waals surface area contributed by atoms with E-state index in [0.717, 1.165) is 3.57 Å². The zero-order valence-electron chi connectivity index (χ0n) is 15.3. The molecule has 1 heterocycles. The molecule has 0 saturated heterocycles. The second-order valence-electron chi connectivity index (χ2n) is 6.95. The van der Waals surface area contributed by atoms with Crippen LogP contribution in [-0.2, 0) is 0 Å². The van der Waals surface area contributed by atoms with Gasteiger partial charge in [0, 0.05) is 15.3 Å². The summed E-state index contributed by atoms with van der Waals surface area (Å²) in [4.78, 5) is 20.7. The van der Waals surface area contributed by atoms with E-state index in [9.17, 15) is 4.79 Å². The summed E-state index contributed by atoms with van der Waals surface area (Å²) in [6, 6.07) is 8.60. The molecule has 27 heavy (non-hydrogen) atoms. The maximum Gasteiger partial charge on any atom is 0.249 e. The second-order valence-corrected chi connectivity index (χ2v) is 8.19. The number of halogens is 1. The van der Waals surface area contributed by atoms with Crippen LogP contribution in [0.5, 0.6) is 0 Å². The molecule has 0 spiro atoms. The first-order valence-corrected chi connectivity index (χ1v) is 9.29. The van der Waals surface area contributed by atoms with Crippen LogP contribution in [0.1, 0.15) is 42.7 Å². The van der Waals surface area contributed by atoms with Crippen molar-refractivity contribution >= 4 is 40.1 Å². The molecule has 2 aromatic rings. The zero-order valence-corrected chi connectivity index (χ0v) is 17.5. The Morgan fingerprint density at radius 3 is 2.67 bits per heavy atom. The number of carbonyl (C=O) groups is 1. The predicted molar refractivity (Wildman–Crippen MR) is 114 cm³/mol. The van der Waals surface area contributed by atoms with Crippen LogP contribution in [0.4, 0.5) is 5.69 Å². The Bertz CT molecular complexity index is 883. The molecule has 0 radical (unpaired) electrons. The van der Waals surface area contributed by atoms with Gasteiger partial charge in [-0.2, -0.15) is 5.26 Å². The highest BCUT2D eigenvalue weighted by Crippen LogP contribution is 2.38. The van der Waals surface area contributed by atoms with E-state index in [4.69, 9.17) is 16.0 Å². The molecule has 1 amide bonds. The number of guanidine groups is 1. The van der Waals surface area contributed by atoms with Crippen molar-refractivity contribution in [2.75, 3.05) is 5.32 Å². The second kappa shape index (κ2) is 8.81. The van der Waals surface area contributed by atoms with Gasteiger partial charge in [-0.1, -0.05) is 20.8 Å². The lowest BCUT2D eigenvalue weighted by molar-refractivity contribution is 0.0998. The number of aliphatic imine (C=N–C) groups is 1. The fourth-order valence-corrected chi connectivity index (χ4v) is 3.08. The van der Waals surface area contributed by atoms with Gasteiger partial charge in [0.1, 0.15) is 0 Å². The summed E-state index contributed by atoms with van der Waals surface area (Å²) in [5, 5.41) is 14.7. The number of carbonyl (C=O) groups excluding carboxylic acids is 1. The summed E-state index contributed by atoms with van der Waals surface area (Å²) >= 11 is 2.18. The number of hydrogen-bond acceptors (Lipinski definition) is 4. The van der Waals surface area contributed by atoms with Crippen LogP contribution in [-0.4, -0.2) is 16.9 Å². The van der Waals surface area contributed by atoms with Gasteiger partial charge in [0.2, 0.25) is 11.9 Å². The number of hydrogen-bond donors (Lipinski definition) is 3. The number of anilines is 1. The average Bonchev–Trinajstić information content (AvgIpc) is 2.59. The normalized spacial score (nSPS) is 12.8. The molecule has 0 aliphatic rings. The van der Waals surface area contributed by atoms with Gasteiger partial charge in [0.15, 0.2) is 6.19 Å². The molecule has 140 valence electrons. The van der Waals surface area contributed by atoms with Gasteiger partial charge < -0.3 is 11.1 Å². The smallest absolute Gasteiger partial charge is 0.249 e. The monoisotopic (exact) mass is 476 g/mol. The third kappa shape index (κ3) is 5.65. The van der Waals surface area contributed by atoms with E-state index in [2.05, 4.69) is 38.2 Å². The van der Waals surface area contributed by atoms with Crippen LogP contribution in [0.2, 0.25) is 0 Å². The van der Waals surface area contributed by atoms with Crippen molar-refractivity contribution in [3.05, 3.63) is 57.4 Å². The number of nitrogens with one attached hydrogen (secondary N) is 2. The molecule has 0 aliphatic carbocycles. The SMILES string of the molecule is CC(C)(C)C(N=C(NC#N)Nc1cccnc1)c1cc(I)ccc1C(N)=O. The molecular weight excluding hydrogens is 455 g/mol. The zero-order chi connectivity index (χ0) is 20.0. The first-order valence-electron chi connectivity index (χ1n) is 8.21. The summed E-state index contributed by atoms with van der Waals surface area (Å²) < 4.78 is 0.965. The van der Waals surface area contributed by atoms with Crippen LogP contribution in [0.15, 0.2) is 47.7 Å². The fourth-order valence-electron chi connectivity index (χ4n) is 2.57. The molecule has 1 atom stereocenters. The van der Waals surface area contributed by atoms with E-state index in [1.165, 1.54) is 0 Å². The minimum atomic E-state index is -0.513. The van der Waals surface area contributed by atoms with E-state index in [0.29, 0.717) is 16.8 Å². The Morgan fingerprint density at radius 2 is 2.11 bits per heavy atom. The summed E-state index contributed by atoms with van der Waals surface area (Å²) in [5.74, 6) is -0.249. The van der Waals surface area contributed by atoms with E-state index >= 15 is 0 Å². The minimum absolute atomic E-state index is 0.264. The topological polar surface area (TPSA) is 116 Å². The van der Waals surface area contributed by atoms with Gasteiger partial charge >= 0.3 is 0 Å². The quantitative estimate of drug-likeness (QED) is 0.206. The molecule has 2 rings (SSSR count). The Morgan fingerprint density at radius 1 is 1.37 bits per heavy atom. The third-order valence-electron chi connectivity index (χ3n) is 3.75. The molecule has 1 aromatic heterocycles. The largest absolute Gasteiger partial charge is 0.366 e. The first kappa shape index (κ1) is 20.6. The summed E-state index contributed by atoms with van der Waals surface area (Å²) in [6.45, 7) is 6.04. The summed E-state index contributed by atoms with van der Waals surface area (Å²) in [5.41, 5.74) is 7.05. The van der Waals surface area contributed by atoms with Crippen LogP contribution < -0.4 is 16.4 Å². The van der Waals surface area contributed by atoms with Crippen molar-refractivity contribution in [2.45, 2.75) is 26.8 Å². The van der Waals surface area contributed by atoms with Crippen molar-refractivity contribution in [3.8, 4) is 6.19 Å². The van der Waals surface area contributed by atoms with Crippen molar-refractivity contribution in [2.24, 2.45) is 16.1 Å². The van der Waals surface area contributed by atoms with Crippen LogP contribution in [0.3, 0.4) is 0 Å². The summed E-state index contributed by atoms with van der Waals surface area (Å²) in [7, 11) is 0. The Balaban J connectivity index is 2.56. The maximum absolute atomic E-state index is 11.9. The van der Waals surface area contributed by atoms with E-state index in [1.54, 1.807) is 24.5 Å². The lowest BCUT2D eigenvalue weighted by atomic mass is 9.81. The van der Waals surface area contributed by atoms with E-state index in [1.807, 2.05) is 45.2 Å². The first-order chi connectivity index (χ1) is 12.7. The maximum atomic E-state index is 11.9. The van der Waals surface area contributed by atoms with Crippen molar-refractivity contribution < 1.29 is 4.79 Å². The number of primary amides is 1. The highest BCUT2D eigenvalue weighted by atomic mass is 127. The Kier molecular flexibility index (Phi) is 6.74. The molecule has 0 fully saturated rings. The lowest BCUT2D eigenvalue weighted by Crippen LogP contribution is -2.30. The van der Waals surface area contributed by atoms with Crippen LogP contribution in [0.25, 0.3) is 0 Å².